The van der Waals surface area contributed by atoms with Crippen molar-refractivity contribution in [1.29, 1.82) is 0 Å². The van der Waals surface area contributed by atoms with E-state index < -0.39 is 23.8 Å². The van der Waals surface area contributed by atoms with Crippen LogP contribution in [0.2, 0.25) is 5.02 Å². The molecule has 1 saturated carbocycles. The van der Waals surface area contributed by atoms with Crippen molar-refractivity contribution in [3.05, 3.63) is 63.7 Å². The minimum atomic E-state index is -0.916. The summed E-state index contributed by atoms with van der Waals surface area (Å²) in [7, 11) is 0. The standard InChI is InChI=1S/C32H44ClN3O4/c1-9-20(3)27(35-31(39)40-32(6,7)8)30(38)36(23-13-11-14-23)28(24-17-16-19(2)18-22(24)5)29(37)34-26-21(4)12-10-15-25(26)33/h10,12,15-18,20,23,27-28H,9,11,13-14H2,1-8H3,(H,34,37)(H,35,39). The number of hydrogen-bond donors (Lipinski definition) is 2. The van der Waals surface area contributed by atoms with E-state index in [0.29, 0.717) is 17.1 Å². The Morgan fingerprint density at radius 1 is 1.07 bits per heavy atom. The van der Waals surface area contributed by atoms with Gasteiger partial charge in [0, 0.05) is 6.04 Å². The van der Waals surface area contributed by atoms with Gasteiger partial charge in [0.1, 0.15) is 17.7 Å². The first-order valence-electron chi connectivity index (χ1n) is 14.2. The number of anilines is 1. The average molecular weight is 570 g/mol. The molecular weight excluding hydrogens is 526 g/mol. The highest BCUT2D eigenvalue weighted by atomic mass is 35.5. The van der Waals surface area contributed by atoms with Gasteiger partial charge < -0.3 is 20.3 Å². The molecule has 0 aliphatic heterocycles. The second kappa shape index (κ2) is 13.1. The number of carbonyl (C=O) groups excluding carboxylic acids is 3. The van der Waals surface area contributed by atoms with E-state index in [-0.39, 0.29) is 23.8 Å². The molecule has 0 radical (unpaired) electrons. The Morgan fingerprint density at radius 3 is 2.27 bits per heavy atom. The van der Waals surface area contributed by atoms with E-state index in [4.69, 9.17) is 16.3 Å². The first-order valence-corrected chi connectivity index (χ1v) is 14.6. The Kier molecular flexibility index (Phi) is 10.3. The summed E-state index contributed by atoms with van der Waals surface area (Å²) >= 11 is 6.48. The lowest BCUT2D eigenvalue weighted by molar-refractivity contribution is -0.147. The normalized spacial score (nSPS) is 15.8. The lowest BCUT2D eigenvalue weighted by Crippen LogP contribution is -2.58. The van der Waals surface area contributed by atoms with Gasteiger partial charge in [0.2, 0.25) is 5.91 Å². The van der Waals surface area contributed by atoms with Gasteiger partial charge in [-0.2, -0.15) is 0 Å². The van der Waals surface area contributed by atoms with Gasteiger partial charge in [0.15, 0.2) is 0 Å². The highest BCUT2D eigenvalue weighted by molar-refractivity contribution is 6.34. The molecule has 2 N–H and O–H groups in total. The third-order valence-electron chi connectivity index (χ3n) is 7.59. The van der Waals surface area contributed by atoms with Crippen LogP contribution in [0.1, 0.15) is 88.6 Å². The number of benzene rings is 2. The predicted molar refractivity (Wildman–Crippen MR) is 161 cm³/mol. The number of hydrogen-bond acceptors (Lipinski definition) is 4. The van der Waals surface area contributed by atoms with Gasteiger partial charge in [-0.15, -0.1) is 0 Å². The second-order valence-electron chi connectivity index (χ2n) is 12.0. The molecular formula is C32H44ClN3O4. The number of ether oxygens (including phenoxy) is 1. The SMILES string of the molecule is CCC(C)C(NC(=O)OC(C)(C)C)C(=O)N(C1CCC1)C(C(=O)Nc1c(C)cccc1Cl)c1ccc(C)cc1C. The van der Waals surface area contributed by atoms with E-state index in [9.17, 15) is 14.4 Å². The van der Waals surface area contributed by atoms with Crippen LogP contribution in [0.5, 0.6) is 0 Å². The zero-order valence-electron chi connectivity index (χ0n) is 25.1. The summed E-state index contributed by atoms with van der Waals surface area (Å²) in [6, 6.07) is 9.43. The molecule has 40 heavy (non-hydrogen) atoms. The van der Waals surface area contributed by atoms with Gasteiger partial charge in [-0.05, 0) is 89.5 Å². The predicted octanol–water partition coefficient (Wildman–Crippen LogP) is 7.27. The van der Waals surface area contributed by atoms with Crippen molar-refractivity contribution in [2.24, 2.45) is 5.92 Å². The largest absolute Gasteiger partial charge is 0.444 e. The van der Waals surface area contributed by atoms with Crippen molar-refractivity contribution in [3.63, 3.8) is 0 Å². The Hall–Kier alpha value is -3.06. The lowest BCUT2D eigenvalue weighted by atomic mass is 9.86. The molecule has 0 spiro atoms. The van der Waals surface area contributed by atoms with Crippen molar-refractivity contribution in [2.75, 3.05) is 5.32 Å². The molecule has 3 unspecified atom stereocenters. The van der Waals surface area contributed by atoms with Crippen LogP contribution < -0.4 is 10.6 Å². The third-order valence-corrected chi connectivity index (χ3v) is 7.91. The molecule has 0 saturated heterocycles. The molecule has 0 heterocycles. The number of nitrogens with one attached hydrogen (secondary N) is 2. The molecule has 0 bridgehead atoms. The number of carbonyl (C=O) groups is 3. The summed E-state index contributed by atoms with van der Waals surface area (Å²) in [6.07, 6.45) is 2.53. The minimum absolute atomic E-state index is 0.136. The van der Waals surface area contributed by atoms with Gasteiger partial charge in [0.05, 0.1) is 10.7 Å². The van der Waals surface area contributed by atoms with Gasteiger partial charge in [-0.25, -0.2) is 4.79 Å². The number of rotatable bonds is 9. The maximum Gasteiger partial charge on any atom is 0.408 e. The molecule has 8 heteroatoms. The monoisotopic (exact) mass is 569 g/mol. The number of amides is 3. The molecule has 0 aromatic heterocycles. The summed E-state index contributed by atoms with van der Waals surface area (Å²) in [5.41, 5.74) is 3.35. The zero-order valence-corrected chi connectivity index (χ0v) is 25.8. The molecule has 7 nitrogen and oxygen atoms in total. The zero-order chi connectivity index (χ0) is 29.8. The van der Waals surface area contributed by atoms with E-state index in [0.717, 1.165) is 41.5 Å². The third kappa shape index (κ3) is 7.57. The number of nitrogens with zero attached hydrogens (tertiary/aromatic N) is 1. The number of halogens is 1. The topological polar surface area (TPSA) is 87.7 Å². The molecule has 3 rings (SSSR count). The quantitative estimate of drug-likeness (QED) is 0.332. The van der Waals surface area contributed by atoms with Gasteiger partial charge in [-0.3, -0.25) is 9.59 Å². The Bertz CT molecular complexity index is 1210. The van der Waals surface area contributed by atoms with Crippen LogP contribution in [0.4, 0.5) is 10.5 Å². The minimum Gasteiger partial charge on any atom is -0.444 e. The van der Waals surface area contributed by atoms with Crippen molar-refractivity contribution in [1.82, 2.24) is 10.2 Å². The fraction of sp³-hybridized carbons (Fsp3) is 0.531. The summed E-state index contributed by atoms with van der Waals surface area (Å²) in [6.45, 7) is 15.1. The maximum atomic E-state index is 14.5. The van der Waals surface area contributed by atoms with Crippen LogP contribution in [-0.4, -0.2) is 40.5 Å². The fourth-order valence-electron chi connectivity index (χ4n) is 4.99. The highest BCUT2D eigenvalue weighted by Gasteiger charge is 2.43. The Labute approximate surface area is 244 Å². The first kappa shape index (κ1) is 31.5. The smallest absolute Gasteiger partial charge is 0.408 e. The summed E-state index contributed by atoms with van der Waals surface area (Å²) in [4.78, 5) is 43.3. The fourth-order valence-corrected chi connectivity index (χ4v) is 5.26. The van der Waals surface area contributed by atoms with Gasteiger partial charge >= 0.3 is 6.09 Å². The Morgan fingerprint density at radius 2 is 1.75 bits per heavy atom. The van der Waals surface area contributed by atoms with E-state index >= 15 is 0 Å². The van der Waals surface area contributed by atoms with Gasteiger partial charge in [0.25, 0.3) is 5.91 Å². The molecule has 1 aliphatic carbocycles. The molecule has 218 valence electrons. The van der Waals surface area contributed by atoms with E-state index in [2.05, 4.69) is 10.6 Å². The molecule has 2 aromatic carbocycles. The highest BCUT2D eigenvalue weighted by Crippen LogP contribution is 2.37. The van der Waals surface area contributed by atoms with E-state index in [1.807, 2.05) is 65.0 Å². The van der Waals surface area contributed by atoms with Crippen molar-refractivity contribution in [3.8, 4) is 0 Å². The molecule has 1 fully saturated rings. The summed E-state index contributed by atoms with van der Waals surface area (Å²) in [5.74, 6) is -0.819. The first-order chi connectivity index (χ1) is 18.7. The van der Waals surface area contributed by atoms with E-state index in [1.54, 1.807) is 31.7 Å². The number of para-hydroxylation sites is 1. The van der Waals surface area contributed by atoms with Crippen LogP contribution in [0.25, 0.3) is 0 Å². The number of alkyl carbamates (subject to hydrolysis) is 1. The maximum absolute atomic E-state index is 14.5. The molecule has 3 atom stereocenters. The van der Waals surface area contributed by atoms with Crippen LogP contribution in [-0.2, 0) is 14.3 Å². The van der Waals surface area contributed by atoms with Crippen LogP contribution >= 0.6 is 11.6 Å². The van der Waals surface area contributed by atoms with E-state index in [1.165, 1.54) is 0 Å². The van der Waals surface area contributed by atoms with Crippen molar-refractivity contribution < 1.29 is 19.1 Å². The Balaban J connectivity index is 2.11. The molecule has 1 aliphatic rings. The summed E-state index contributed by atoms with van der Waals surface area (Å²) < 4.78 is 5.51. The van der Waals surface area contributed by atoms with Crippen molar-refractivity contribution in [2.45, 2.75) is 105 Å². The average Bonchev–Trinajstić information content (AvgIpc) is 2.82. The number of aryl methyl sites for hydroxylation is 3. The van der Waals surface area contributed by atoms with Crippen LogP contribution in [0.3, 0.4) is 0 Å². The summed E-state index contributed by atoms with van der Waals surface area (Å²) in [5, 5.41) is 6.30. The van der Waals surface area contributed by atoms with Gasteiger partial charge in [-0.1, -0.05) is 67.8 Å². The van der Waals surface area contributed by atoms with Crippen LogP contribution in [0, 0.1) is 26.7 Å². The lowest BCUT2D eigenvalue weighted by Gasteiger charge is -2.44. The van der Waals surface area contributed by atoms with Crippen molar-refractivity contribution >= 4 is 35.2 Å². The molecule has 2 aromatic rings. The molecule has 3 amide bonds. The van der Waals surface area contributed by atoms with Crippen LogP contribution in [0.15, 0.2) is 36.4 Å². The second-order valence-corrected chi connectivity index (χ2v) is 12.4.